The lowest BCUT2D eigenvalue weighted by Gasteiger charge is -2.20. The van der Waals surface area contributed by atoms with Crippen LogP contribution in [0.3, 0.4) is 0 Å². The number of rotatable bonds is 4. The van der Waals surface area contributed by atoms with Crippen LogP contribution in [-0.2, 0) is 13.0 Å². The van der Waals surface area contributed by atoms with E-state index in [-0.39, 0.29) is 0 Å². The van der Waals surface area contributed by atoms with Crippen molar-refractivity contribution in [2.45, 2.75) is 26.8 Å². The van der Waals surface area contributed by atoms with Crippen LogP contribution in [0.4, 0.5) is 5.82 Å². The molecule has 0 unspecified atom stereocenters. The lowest BCUT2D eigenvalue weighted by atomic mass is 10.2. The van der Waals surface area contributed by atoms with Gasteiger partial charge in [-0.3, -0.25) is 0 Å². The minimum absolute atomic E-state index is 0.526. The van der Waals surface area contributed by atoms with E-state index in [1.54, 1.807) is 6.26 Å². The second-order valence-corrected chi connectivity index (χ2v) is 4.54. The minimum atomic E-state index is 0.526. The van der Waals surface area contributed by atoms with Crippen molar-refractivity contribution in [3.8, 4) is 0 Å². The molecular formula is C13H16ClN3O. The van der Waals surface area contributed by atoms with Crippen LogP contribution in [0.15, 0.2) is 23.1 Å². The summed E-state index contributed by atoms with van der Waals surface area (Å²) in [5.74, 6) is 1.80. The quantitative estimate of drug-likeness (QED) is 0.796. The summed E-state index contributed by atoms with van der Waals surface area (Å²) >= 11 is 6.09. The number of furan rings is 1. The monoisotopic (exact) mass is 265 g/mol. The smallest absolute Gasteiger partial charge is 0.137 e. The van der Waals surface area contributed by atoms with Crippen LogP contribution in [0.1, 0.15) is 23.8 Å². The summed E-state index contributed by atoms with van der Waals surface area (Å²) in [6.07, 6.45) is 4.01. The highest BCUT2D eigenvalue weighted by atomic mass is 35.5. The summed E-state index contributed by atoms with van der Waals surface area (Å²) in [4.78, 5) is 10.4. The number of nitrogens with zero attached hydrogens (tertiary/aromatic N) is 3. The van der Waals surface area contributed by atoms with Crippen molar-refractivity contribution in [3.63, 3.8) is 0 Å². The highest BCUT2D eigenvalue weighted by molar-refractivity contribution is 6.30. The highest BCUT2D eigenvalue weighted by Gasteiger charge is 2.13. The standard InChI is InChI=1S/C13H16ClN3O/c1-4-11-12(14)15-8-16-13(11)17(3)7-10-5-6-18-9(10)2/h5-6,8H,4,7H2,1-3H3. The molecule has 2 aromatic rings. The Hall–Kier alpha value is -1.55. The topological polar surface area (TPSA) is 42.2 Å². The van der Waals surface area contributed by atoms with Crippen molar-refractivity contribution in [2.24, 2.45) is 0 Å². The van der Waals surface area contributed by atoms with Gasteiger partial charge in [0.15, 0.2) is 0 Å². The third kappa shape index (κ3) is 2.48. The van der Waals surface area contributed by atoms with Crippen molar-refractivity contribution in [2.75, 3.05) is 11.9 Å². The van der Waals surface area contributed by atoms with Crippen molar-refractivity contribution >= 4 is 17.4 Å². The van der Waals surface area contributed by atoms with Gasteiger partial charge < -0.3 is 9.32 Å². The molecule has 0 N–H and O–H groups in total. The molecule has 4 nitrogen and oxygen atoms in total. The molecular weight excluding hydrogens is 250 g/mol. The molecule has 0 fully saturated rings. The molecule has 0 aromatic carbocycles. The van der Waals surface area contributed by atoms with Gasteiger partial charge in [0, 0.05) is 24.7 Å². The molecule has 0 spiro atoms. The Morgan fingerprint density at radius 2 is 2.17 bits per heavy atom. The zero-order valence-electron chi connectivity index (χ0n) is 10.8. The Morgan fingerprint density at radius 3 is 2.78 bits per heavy atom. The molecule has 96 valence electrons. The van der Waals surface area contributed by atoms with Crippen molar-refractivity contribution < 1.29 is 4.42 Å². The number of hydrogen-bond acceptors (Lipinski definition) is 4. The predicted molar refractivity (Wildman–Crippen MR) is 72.0 cm³/mol. The minimum Gasteiger partial charge on any atom is -0.469 e. The van der Waals surface area contributed by atoms with E-state index in [0.717, 1.165) is 35.7 Å². The first kappa shape index (κ1) is 12.9. The Balaban J connectivity index is 2.26. The predicted octanol–water partition coefficient (Wildman–Crippen LogP) is 3.23. The first-order valence-corrected chi connectivity index (χ1v) is 6.24. The van der Waals surface area contributed by atoms with Gasteiger partial charge in [0.1, 0.15) is 23.1 Å². The summed E-state index contributed by atoms with van der Waals surface area (Å²) in [7, 11) is 1.99. The second kappa shape index (κ2) is 5.40. The average Bonchev–Trinajstić information content (AvgIpc) is 2.74. The average molecular weight is 266 g/mol. The Bertz CT molecular complexity index is 539. The van der Waals surface area contributed by atoms with Crippen LogP contribution >= 0.6 is 11.6 Å². The summed E-state index contributed by atoms with van der Waals surface area (Å²) < 4.78 is 5.30. The molecule has 5 heteroatoms. The molecule has 0 aliphatic heterocycles. The molecule has 18 heavy (non-hydrogen) atoms. The molecule has 2 heterocycles. The number of aryl methyl sites for hydroxylation is 1. The molecule has 0 aliphatic carbocycles. The van der Waals surface area contributed by atoms with Crippen LogP contribution in [0.2, 0.25) is 5.15 Å². The summed E-state index contributed by atoms with van der Waals surface area (Å²) in [6, 6.07) is 1.97. The molecule has 2 rings (SSSR count). The maximum Gasteiger partial charge on any atom is 0.137 e. The summed E-state index contributed by atoms with van der Waals surface area (Å²) in [6.45, 7) is 4.74. The van der Waals surface area contributed by atoms with Crippen molar-refractivity contribution in [1.29, 1.82) is 0 Å². The third-order valence-corrected chi connectivity index (χ3v) is 3.28. The fourth-order valence-electron chi connectivity index (χ4n) is 1.92. The van der Waals surface area contributed by atoms with E-state index < -0.39 is 0 Å². The van der Waals surface area contributed by atoms with Crippen LogP contribution < -0.4 is 4.90 Å². The van der Waals surface area contributed by atoms with Gasteiger partial charge in [0.2, 0.25) is 0 Å². The van der Waals surface area contributed by atoms with Gasteiger partial charge in [-0.15, -0.1) is 0 Å². The van der Waals surface area contributed by atoms with Crippen LogP contribution in [-0.4, -0.2) is 17.0 Å². The van der Waals surface area contributed by atoms with E-state index in [1.807, 2.05) is 27.0 Å². The fourth-order valence-corrected chi connectivity index (χ4v) is 2.18. The lowest BCUT2D eigenvalue weighted by molar-refractivity contribution is 0.529. The normalized spacial score (nSPS) is 10.7. The molecule has 0 atom stereocenters. The molecule has 0 saturated heterocycles. The number of hydrogen-bond donors (Lipinski definition) is 0. The fraction of sp³-hybridized carbons (Fsp3) is 0.385. The van der Waals surface area contributed by atoms with Crippen molar-refractivity contribution in [1.82, 2.24) is 9.97 Å². The Morgan fingerprint density at radius 1 is 1.39 bits per heavy atom. The van der Waals surface area contributed by atoms with Gasteiger partial charge in [-0.1, -0.05) is 18.5 Å². The molecule has 0 radical (unpaired) electrons. The van der Waals surface area contributed by atoms with E-state index in [1.165, 1.54) is 6.33 Å². The third-order valence-electron chi connectivity index (χ3n) is 2.96. The van der Waals surface area contributed by atoms with E-state index >= 15 is 0 Å². The van der Waals surface area contributed by atoms with Crippen molar-refractivity contribution in [3.05, 3.63) is 40.7 Å². The van der Waals surface area contributed by atoms with E-state index in [2.05, 4.69) is 14.9 Å². The zero-order valence-corrected chi connectivity index (χ0v) is 11.5. The molecule has 0 amide bonds. The lowest BCUT2D eigenvalue weighted by Crippen LogP contribution is -2.20. The molecule has 0 saturated carbocycles. The second-order valence-electron chi connectivity index (χ2n) is 4.18. The van der Waals surface area contributed by atoms with E-state index in [4.69, 9.17) is 16.0 Å². The molecule has 2 aromatic heterocycles. The number of halogens is 1. The van der Waals surface area contributed by atoms with Gasteiger partial charge >= 0.3 is 0 Å². The van der Waals surface area contributed by atoms with E-state index in [9.17, 15) is 0 Å². The van der Waals surface area contributed by atoms with E-state index in [0.29, 0.717) is 5.15 Å². The van der Waals surface area contributed by atoms with Gasteiger partial charge in [-0.2, -0.15) is 0 Å². The molecule has 0 aliphatic rings. The van der Waals surface area contributed by atoms with Gasteiger partial charge in [0.25, 0.3) is 0 Å². The van der Waals surface area contributed by atoms with Gasteiger partial charge in [-0.05, 0) is 19.4 Å². The maximum absolute atomic E-state index is 6.09. The van der Waals surface area contributed by atoms with Gasteiger partial charge in [0.05, 0.1) is 6.26 Å². The van der Waals surface area contributed by atoms with Gasteiger partial charge in [-0.25, -0.2) is 9.97 Å². The maximum atomic E-state index is 6.09. The van der Waals surface area contributed by atoms with Crippen LogP contribution in [0, 0.1) is 6.92 Å². The Kier molecular flexibility index (Phi) is 3.87. The van der Waals surface area contributed by atoms with Crippen LogP contribution in [0.5, 0.6) is 0 Å². The van der Waals surface area contributed by atoms with Crippen LogP contribution in [0.25, 0.3) is 0 Å². The number of aromatic nitrogens is 2. The molecule has 0 bridgehead atoms. The Labute approximate surface area is 112 Å². The number of anilines is 1. The first-order valence-electron chi connectivity index (χ1n) is 5.87. The summed E-state index contributed by atoms with van der Waals surface area (Å²) in [5, 5.41) is 0.526. The largest absolute Gasteiger partial charge is 0.469 e. The highest BCUT2D eigenvalue weighted by Crippen LogP contribution is 2.24. The SMILES string of the molecule is CCc1c(Cl)ncnc1N(C)Cc1ccoc1C. The first-order chi connectivity index (χ1) is 8.63. The zero-order chi connectivity index (χ0) is 13.1. The summed E-state index contributed by atoms with van der Waals surface area (Å²) in [5.41, 5.74) is 2.12.